The predicted octanol–water partition coefficient (Wildman–Crippen LogP) is 31.5. The molecule has 2 aromatic heterocycles. The first-order valence-electron chi connectivity index (χ1n) is 39.2. The van der Waals surface area contributed by atoms with Gasteiger partial charge < -0.3 is 4.42 Å². The summed E-state index contributed by atoms with van der Waals surface area (Å²) in [5.74, 6) is 0. The molecule has 0 radical (unpaired) electrons. The van der Waals surface area contributed by atoms with E-state index >= 15 is 0 Å². The van der Waals surface area contributed by atoms with Crippen LogP contribution in [0.2, 0.25) is 0 Å². The van der Waals surface area contributed by atoms with Crippen molar-refractivity contribution in [2.45, 2.75) is 38.5 Å². The molecule has 0 fully saturated rings. The van der Waals surface area contributed by atoms with Crippen molar-refractivity contribution in [3.8, 4) is 89.0 Å². The van der Waals surface area contributed by atoms with Crippen molar-refractivity contribution >= 4 is 140 Å². The molecule has 112 heavy (non-hydrogen) atoms. The van der Waals surface area contributed by atoms with E-state index < -0.39 is 0 Å². The van der Waals surface area contributed by atoms with E-state index in [-0.39, 0.29) is 10.8 Å². The van der Waals surface area contributed by atoms with E-state index in [1.165, 1.54) is 212 Å². The van der Waals surface area contributed by atoms with Crippen LogP contribution in [0.25, 0.3) is 217 Å². The Kier molecular flexibility index (Phi) is 14.1. The number of hydrogen-bond acceptors (Lipinski definition) is 2. The highest BCUT2D eigenvalue weighted by molar-refractivity contribution is 7.26. The van der Waals surface area contributed by atoms with Crippen LogP contribution >= 0.6 is 11.3 Å². The summed E-state index contributed by atoms with van der Waals surface area (Å²) in [5.41, 5.74) is 27.6. The molecule has 0 saturated carbocycles. The molecule has 0 amide bonds. The number of para-hydroxylation sites is 2. The zero-order valence-corrected chi connectivity index (χ0v) is 63.3. The molecule has 0 atom stereocenters. The van der Waals surface area contributed by atoms with Crippen LogP contribution in [0.1, 0.15) is 49.9 Å². The summed E-state index contributed by atoms with van der Waals surface area (Å²) in [6, 6.07) is 135. The minimum absolute atomic E-state index is 0.151. The van der Waals surface area contributed by atoms with Gasteiger partial charge in [0.05, 0.1) is 0 Å². The van der Waals surface area contributed by atoms with E-state index in [9.17, 15) is 0 Å². The van der Waals surface area contributed by atoms with Crippen molar-refractivity contribution in [2.24, 2.45) is 0 Å². The number of fused-ring (bicyclic) bond motifs is 26. The van der Waals surface area contributed by atoms with E-state index in [2.05, 4.69) is 386 Å². The molecule has 2 heterocycles. The summed E-state index contributed by atoms with van der Waals surface area (Å²) >= 11 is 1.91. The molecule has 24 rings (SSSR count). The standard InChI is InChI=1S/C55H36O.C55H36S/c2*1-55(2)47-30-15-27-35(51(47)52-39-21-5-3-18-36(39)37-19-4-10-26-44(37)53(52)55)33-16-13-17-34(32-33)49-40-22-6-8-24-42(40)50(43-25-9-7-23-41(43)49)46-29-14-28-45-38-20-11-12-31-48(38)56-54(45)46/h2*3-32H,1-2H3. The zero-order valence-electron chi connectivity index (χ0n) is 62.5. The predicted molar refractivity (Wildman–Crippen MR) is 481 cm³/mol. The van der Waals surface area contributed by atoms with Crippen LogP contribution in [-0.4, -0.2) is 0 Å². The lowest BCUT2D eigenvalue weighted by Crippen LogP contribution is -2.15. The lowest BCUT2D eigenvalue weighted by Gasteiger charge is -2.24. The lowest BCUT2D eigenvalue weighted by molar-refractivity contribution is 0.666. The van der Waals surface area contributed by atoms with Crippen LogP contribution in [0.3, 0.4) is 0 Å². The van der Waals surface area contributed by atoms with Gasteiger partial charge in [0, 0.05) is 58.5 Å². The Labute approximate surface area is 653 Å². The average molecular weight is 1440 g/mol. The number of benzene rings is 20. The number of thiophene rings is 1. The number of hydrogen-bond donors (Lipinski definition) is 0. The van der Waals surface area contributed by atoms with Crippen molar-refractivity contribution < 1.29 is 4.42 Å². The van der Waals surface area contributed by atoms with Gasteiger partial charge in [-0.1, -0.05) is 367 Å². The maximum absolute atomic E-state index is 6.64. The summed E-state index contributed by atoms with van der Waals surface area (Å²) in [6.07, 6.45) is 0. The van der Waals surface area contributed by atoms with Gasteiger partial charge in [-0.3, -0.25) is 0 Å². The fourth-order valence-electron chi connectivity index (χ4n) is 20.6. The van der Waals surface area contributed by atoms with Crippen molar-refractivity contribution in [1.29, 1.82) is 0 Å². The lowest BCUT2D eigenvalue weighted by atomic mass is 9.79. The van der Waals surface area contributed by atoms with Gasteiger partial charge in [0.15, 0.2) is 0 Å². The van der Waals surface area contributed by atoms with Gasteiger partial charge in [0.2, 0.25) is 0 Å². The molecule has 1 nitrogen and oxygen atoms in total. The van der Waals surface area contributed by atoms with E-state index in [0.29, 0.717) is 0 Å². The van der Waals surface area contributed by atoms with E-state index in [1.807, 2.05) is 17.4 Å². The first kappa shape index (κ1) is 64.5. The Balaban J connectivity index is 0.000000134. The summed E-state index contributed by atoms with van der Waals surface area (Å²) in [7, 11) is 0. The van der Waals surface area contributed by atoms with Gasteiger partial charge in [-0.15, -0.1) is 11.3 Å². The van der Waals surface area contributed by atoms with Gasteiger partial charge >= 0.3 is 0 Å². The van der Waals surface area contributed by atoms with Gasteiger partial charge in [0.25, 0.3) is 0 Å². The van der Waals surface area contributed by atoms with E-state index in [1.54, 1.807) is 0 Å². The summed E-state index contributed by atoms with van der Waals surface area (Å²) in [6.45, 7) is 9.64. The molecule has 0 saturated heterocycles. The summed E-state index contributed by atoms with van der Waals surface area (Å²) in [4.78, 5) is 0. The molecule has 0 N–H and O–H groups in total. The van der Waals surface area contributed by atoms with Crippen LogP contribution < -0.4 is 0 Å². The summed E-state index contributed by atoms with van der Waals surface area (Å²) in [5, 5.41) is 25.6. The second-order valence-electron chi connectivity index (χ2n) is 31.8. The fraction of sp³-hybridized carbons (Fsp3) is 0.0545. The Bertz CT molecular complexity index is 7250. The minimum atomic E-state index is -0.160. The van der Waals surface area contributed by atoms with Gasteiger partial charge in [-0.25, -0.2) is 0 Å². The van der Waals surface area contributed by atoms with Crippen LogP contribution in [0, 0.1) is 0 Å². The number of rotatable bonds is 6. The highest BCUT2D eigenvalue weighted by Crippen LogP contribution is 2.60. The van der Waals surface area contributed by atoms with Crippen molar-refractivity contribution in [3.63, 3.8) is 0 Å². The highest BCUT2D eigenvalue weighted by atomic mass is 32.1. The van der Waals surface area contributed by atoms with Crippen molar-refractivity contribution in [3.05, 3.63) is 386 Å². The molecule has 2 aliphatic rings. The zero-order chi connectivity index (χ0) is 74.2. The first-order chi connectivity index (χ1) is 55.2. The molecule has 0 aliphatic heterocycles. The normalized spacial score (nSPS) is 13.3. The Hall–Kier alpha value is -13.5. The third-order valence-corrected chi connectivity index (χ3v) is 26.4. The molecular formula is C110H72OS. The third kappa shape index (κ3) is 9.25. The highest BCUT2D eigenvalue weighted by Gasteiger charge is 2.42. The van der Waals surface area contributed by atoms with Gasteiger partial charge in [0.1, 0.15) is 11.2 Å². The molecule has 20 aromatic carbocycles. The second kappa shape index (κ2) is 24.5. The largest absolute Gasteiger partial charge is 0.455 e. The maximum Gasteiger partial charge on any atom is 0.143 e. The van der Waals surface area contributed by atoms with E-state index in [0.717, 1.165) is 27.5 Å². The van der Waals surface area contributed by atoms with Gasteiger partial charge in [-0.2, -0.15) is 0 Å². The summed E-state index contributed by atoms with van der Waals surface area (Å²) < 4.78 is 9.32. The molecule has 22 aromatic rings. The Morgan fingerprint density at radius 1 is 0.205 bits per heavy atom. The molecule has 2 aliphatic carbocycles. The topological polar surface area (TPSA) is 13.1 Å². The monoisotopic (exact) mass is 1440 g/mol. The quantitative estimate of drug-likeness (QED) is 0.119. The Morgan fingerprint density at radius 2 is 0.509 bits per heavy atom. The van der Waals surface area contributed by atoms with Gasteiger partial charge in [-0.05, 0) is 205 Å². The average Bonchev–Trinajstić information content (AvgIpc) is 1.54. The fourth-order valence-corrected chi connectivity index (χ4v) is 21.8. The Morgan fingerprint density at radius 3 is 0.964 bits per heavy atom. The molecule has 2 heteroatoms. The molecule has 524 valence electrons. The molecule has 0 bridgehead atoms. The van der Waals surface area contributed by atoms with E-state index in [4.69, 9.17) is 4.42 Å². The molecule has 0 unspecified atom stereocenters. The molecular weight excluding hydrogens is 1370 g/mol. The van der Waals surface area contributed by atoms with Crippen LogP contribution in [0.5, 0.6) is 0 Å². The second-order valence-corrected chi connectivity index (χ2v) is 32.8. The van der Waals surface area contributed by atoms with Crippen LogP contribution in [0.4, 0.5) is 0 Å². The van der Waals surface area contributed by atoms with Crippen LogP contribution in [0.15, 0.2) is 368 Å². The maximum atomic E-state index is 6.64. The van der Waals surface area contributed by atoms with Crippen molar-refractivity contribution in [2.75, 3.05) is 0 Å². The third-order valence-electron chi connectivity index (χ3n) is 25.2. The van der Waals surface area contributed by atoms with Crippen LogP contribution in [-0.2, 0) is 10.8 Å². The smallest absolute Gasteiger partial charge is 0.143 e. The first-order valence-corrected chi connectivity index (χ1v) is 40.0. The minimum Gasteiger partial charge on any atom is -0.455 e. The molecule has 0 spiro atoms. The number of furan rings is 1. The SMILES string of the molecule is CC1(C)c2cccc(-c3cccc(-c4c5ccccc5c(-c5cccc6c5oc5ccccc56)c5ccccc45)c3)c2-c2c1c1ccccc1c1ccccc21.CC1(C)c2cccc(-c3cccc(-c4c5ccccc5c(-c5cccc6c5sc5ccccc56)c5ccccc45)c3)c2-c2c1c1ccccc1c1ccccc21. The van der Waals surface area contributed by atoms with Crippen molar-refractivity contribution in [1.82, 2.24) is 0 Å².